The number of fused-ring (bicyclic) bond motifs is 2. The van der Waals surface area contributed by atoms with E-state index in [9.17, 15) is 4.79 Å². The summed E-state index contributed by atoms with van der Waals surface area (Å²) in [5, 5.41) is 17.6. The smallest absolute Gasteiger partial charge is 0.306 e. The van der Waals surface area contributed by atoms with Crippen LogP contribution in [0.4, 0.5) is 0 Å². The molecule has 0 saturated carbocycles. The second kappa shape index (κ2) is 4.19. The molecule has 2 aliphatic heterocycles. The Balaban J connectivity index is 1.98. The van der Waals surface area contributed by atoms with Crippen molar-refractivity contribution in [1.82, 2.24) is 4.90 Å². The fraction of sp³-hybridized carbons (Fsp3) is 0.818. The Bertz CT molecular complexity index is 283. The van der Waals surface area contributed by atoms with Crippen molar-refractivity contribution in [1.29, 1.82) is 5.26 Å². The maximum absolute atomic E-state index is 10.9. The van der Waals surface area contributed by atoms with Crippen molar-refractivity contribution in [2.24, 2.45) is 5.92 Å². The highest BCUT2D eigenvalue weighted by molar-refractivity contribution is 5.70. The first-order valence-corrected chi connectivity index (χ1v) is 5.58. The van der Waals surface area contributed by atoms with Crippen LogP contribution in [0.25, 0.3) is 0 Å². The molecule has 15 heavy (non-hydrogen) atoms. The quantitative estimate of drug-likeness (QED) is 0.757. The van der Waals surface area contributed by atoms with Gasteiger partial charge < -0.3 is 5.11 Å². The number of carboxylic acid groups (broad SMARTS) is 1. The standard InChI is InChI=1S/C11H16N2O2/c12-4-1-5-13-9-2-3-10(13)7-8(6-9)11(14)15/h8-10H,1-3,5-7H2,(H,14,15). The molecule has 2 atom stereocenters. The van der Waals surface area contributed by atoms with Gasteiger partial charge in [0, 0.05) is 25.0 Å². The molecule has 0 aromatic heterocycles. The van der Waals surface area contributed by atoms with Gasteiger partial charge in [0.1, 0.15) is 0 Å². The third-order valence-corrected chi connectivity index (χ3v) is 3.72. The number of carboxylic acids is 1. The van der Waals surface area contributed by atoms with Crippen LogP contribution in [-0.2, 0) is 4.79 Å². The van der Waals surface area contributed by atoms with Gasteiger partial charge in [-0.2, -0.15) is 5.26 Å². The summed E-state index contributed by atoms with van der Waals surface area (Å²) in [7, 11) is 0. The second-order valence-corrected chi connectivity index (χ2v) is 4.54. The van der Waals surface area contributed by atoms with Gasteiger partial charge in [-0.1, -0.05) is 0 Å². The minimum absolute atomic E-state index is 0.152. The minimum atomic E-state index is -0.646. The Morgan fingerprint density at radius 1 is 1.40 bits per heavy atom. The molecule has 0 spiro atoms. The molecule has 2 aliphatic rings. The van der Waals surface area contributed by atoms with Gasteiger partial charge in [-0.25, -0.2) is 0 Å². The number of nitrogens with zero attached hydrogens (tertiary/aromatic N) is 2. The summed E-state index contributed by atoms with van der Waals surface area (Å²) in [6.07, 6.45) is 4.33. The normalized spacial score (nSPS) is 35.0. The third-order valence-electron chi connectivity index (χ3n) is 3.72. The zero-order chi connectivity index (χ0) is 10.8. The molecule has 4 nitrogen and oxygen atoms in total. The largest absolute Gasteiger partial charge is 0.481 e. The summed E-state index contributed by atoms with van der Waals surface area (Å²) in [5.41, 5.74) is 0. The number of rotatable bonds is 3. The third kappa shape index (κ3) is 1.98. The van der Waals surface area contributed by atoms with E-state index in [1.165, 1.54) is 0 Å². The molecule has 2 heterocycles. The average molecular weight is 208 g/mol. The van der Waals surface area contributed by atoms with Gasteiger partial charge in [0.2, 0.25) is 0 Å². The van der Waals surface area contributed by atoms with E-state index in [-0.39, 0.29) is 5.92 Å². The van der Waals surface area contributed by atoms with Gasteiger partial charge in [0.25, 0.3) is 0 Å². The van der Waals surface area contributed by atoms with Crippen molar-refractivity contribution >= 4 is 5.97 Å². The molecular weight excluding hydrogens is 192 g/mol. The first-order valence-electron chi connectivity index (χ1n) is 5.58. The Morgan fingerprint density at radius 2 is 2.00 bits per heavy atom. The fourth-order valence-electron chi connectivity index (χ4n) is 3.02. The summed E-state index contributed by atoms with van der Waals surface area (Å²) in [6, 6.07) is 2.99. The van der Waals surface area contributed by atoms with Gasteiger partial charge in [0.15, 0.2) is 0 Å². The molecule has 4 heteroatoms. The van der Waals surface area contributed by atoms with Crippen LogP contribution in [0, 0.1) is 17.2 Å². The second-order valence-electron chi connectivity index (χ2n) is 4.54. The Morgan fingerprint density at radius 3 is 2.47 bits per heavy atom. The minimum Gasteiger partial charge on any atom is -0.481 e. The van der Waals surface area contributed by atoms with Gasteiger partial charge >= 0.3 is 5.97 Å². The summed E-state index contributed by atoms with van der Waals surface area (Å²) in [4.78, 5) is 13.3. The molecule has 0 radical (unpaired) electrons. The first-order chi connectivity index (χ1) is 7.22. The summed E-state index contributed by atoms with van der Waals surface area (Å²) < 4.78 is 0. The van der Waals surface area contributed by atoms with E-state index in [2.05, 4.69) is 11.0 Å². The number of hydrogen-bond donors (Lipinski definition) is 1. The Hall–Kier alpha value is -1.08. The lowest BCUT2D eigenvalue weighted by molar-refractivity contribution is -0.144. The molecule has 82 valence electrons. The number of piperidine rings is 1. The van der Waals surface area contributed by atoms with E-state index in [1.807, 2.05) is 0 Å². The molecular formula is C11H16N2O2. The molecule has 2 rings (SSSR count). The first kappa shape index (κ1) is 10.4. The lowest BCUT2D eigenvalue weighted by Gasteiger charge is -2.37. The van der Waals surface area contributed by atoms with Gasteiger partial charge in [-0.15, -0.1) is 0 Å². The predicted molar refractivity (Wildman–Crippen MR) is 54.1 cm³/mol. The molecule has 2 bridgehead atoms. The van der Waals surface area contributed by atoms with E-state index in [0.717, 1.165) is 32.2 Å². The van der Waals surface area contributed by atoms with Crippen molar-refractivity contribution in [2.45, 2.75) is 44.2 Å². The Kier molecular flexibility index (Phi) is 2.92. The molecule has 2 saturated heterocycles. The Labute approximate surface area is 89.5 Å². The average Bonchev–Trinajstić information content (AvgIpc) is 2.47. The van der Waals surface area contributed by atoms with E-state index in [0.29, 0.717) is 18.5 Å². The van der Waals surface area contributed by atoms with Crippen molar-refractivity contribution in [3.8, 4) is 6.07 Å². The van der Waals surface area contributed by atoms with E-state index >= 15 is 0 Å². The van der Waals surface area contributed by atoms with Crippen molar-refractivity contribution in [3.05, 3.63) is 0 Å². The molecule has 2 unspecified atom stereocenters. The van der Waals surface area contributed by atoms with E-state index in [4.69, 9.17) is 10.4 Å². The van der Waals surface area contributed by atoms with Crippen molar-refractivity contribution < 1.29 is 9.90 Å². The van der Waals surface area contributed by atoms with E-state index in [1.54, 1.807) is 0 Å². The highest BCUT2D eigenvalue weighted by atomic mass is 16.4. The molecule has 0 aromatic rings. The molecule has 1 N–H and O–H groups in total. The highest BCUT2D eigenvalue weighted by Crippen LogP contribution is 2.38. The van der Waals surface area contributed by atoms with Crippen LogP contribution >= 0.6 is 0 Å². The number of nitriles is 1. The van der Waals surface area contributed by atoms with Gasteiger partial charge in [0.05, 0.1) is 12.0 Å². The molecule has 0 amide bonds. The maximum atomic E-state index is 10.9. The zero-order valence-electron chi connectivity index (χ0n) is 8.72. The van der Waals surface area contributed by atoms with Crippen molar-refractivity contribution in [2.75, 3.05) is 6.54 Å². The van der Waals surface area contributed by atoms with Gasteiger partial charge in [-0.3, -0.25) is 9.69 Å². The van der Waals surface area contributed by atoms with Crippen LogP contribution in [0.1, 0.15) is 32.1 Å². The number of hydrogen-bond acceptors (Lipinski definition) is 3. The fourth-order valence-corrected chi connectivity index (χ4v) is 3.02. The van der Waals surface area contributed by atoms with Crippen molar-refractivity contribution in [3.63, 3.8) is 0 Å². The molecule has 0 aromatic carbocycles. The lowest BCUT2D eigenvalue weighted by Crippen LogP contribution is -2.44. The summed E-state index contributed by atoms with van der Waals surface area (Å²) >= 11 is 0. The molecule has 2 fully saturated rings. The maximum Gasteiger partial charge on any atom is 0.306 e. The zero-order valence-corrected chi connectivity index (χ0v) is 8.72. The monoisotopic (exact) mass is 208 g/mol. The van der Waals surface area contributed by atoms with Crippen LogP contribution in [0.3, 0.4) is 0 Å². The predicted octanol–water partition coefficient (Wildman–Crippen LogP) is 1.23. The van der Waals surface area contributed by atoms with Crippen LogP contribution in [-0.4, -0.2) is 34.6 Å². The molecule has 0 aliphatic carbocycles. The number of carbonyl (C=O) groups is 1. The number of aliphatic carboxylic acids is 1. The van der Waals surface area contributed by atoms with Crippen LogP contribution < -0.4 is 0 Å². The van der Waals surface area contributed by atoms with Crippen LogP contribution in [0.2, 0.25) is 0 Å². The van der Waals surface area contributed by atoms with E-state index < -0.39 is 5.97 Å². The van der Waals surface area contributed by atoms with Crippen LogP contribution in [0.15, 0.2) is 0 Å². The SMILES string of the molecule is N#CCCN1C2CCC1CC(C(=O)O)C2. The summed E-state index contributed by atoms with van der Waals surface area (Å²) in [5.74, 6) is -0.798. The lowest BCUT2D eigenvalue weighted by atomic mass is 9.91. The van der Waals surface area contributed by atoms with Gasteiger partial charge in [-0.05, 0) is 25.7 Å². The van der Waals surface area contributed by atoms with Crippen LogP contribution in [0.5, 0.6) is 0 Å². The highest BCUT2D eigenvalue weighted by Gasteiger charge is 2.42. The topological polar surface area (TPSA) is 64.3 Å². The summed E-state index contributed by atoms with van der Waals surface area (Å²) in [6.45, 7) is 0.818.